The van der Waals surface area contributed by atoms with Crippen LogP contribution in [0.25, 0.3) is 21.9 Å². The van der Waals surface area contributed by atoms with Crippen molar-refractivity contribution in [3.05, 3.63) is 64.7 Å². The SMILES string of the molecule is CC(O)c1oc(=O)c2ccccc2c1-c1cccc(S(=O)(=O)N2CCOCC2)c1. The Hall–Kier alpha value is -2.52. The quantitative estimate of drug-likeness (QED) is 0.703. The summed E-state index contributed by atoms with van der Waals surface area (Å²) in [5.74, 6) is 0.106. The Morgan fingerprint density at radius 1 is 1.03 bits per heavy atom. The fourth-order valence-corrected chi connectivity index (χ4v) is 5.01. The van der Waals surface area contributed by atoms with Crippen molar-refractivity contribution in [1.29, 1.82) is 0 Å². The molecular weight excluding hydrogens is 394 g/mol. The topological polar surface area (TPSA) is 97.1 Å². The normalized spacial score (nSPS) is 16.8. The van der Waals surface area contributed by atoms with Gasteiger partial charge < -0.3 is 14.3 Å². The molecular formula is C21H21NO6S. The van der Waals surface area contributed by atoms with Gasteiger partial charge in [-0.25, -0.2) is 13.2 Å². The second-order valence-corrected chi connectivity index (χ2v) is 8.83. The highest BCUT2D eigenvalue weighted by Crippen LogP contribution is 2.35. The third-order valence-corrected chi connectivity index (χ3v) is 6.87. The standard InChI is InChI=1S/C21H21NO6S/c1-14(23)20-19(17-7-2-3-8-18(17)21(24)28-20)15-5-4-6-16(13-15)29(25,26)22-9-11-27-12-10-22/h2-8,13-14,23H,9-12H2,1H3. The van der Waals surface area contributed by atoms with Crippen LogP contribution in [0.2, 0.25) is 0 Å². The molecule has 1 N–H and O–H groups in total. The number of nitrogens with zero attached hydrogens (tertiary/aromatic N) is 1. The van der Waals surface area contributed by atoms with Gasteiger partial charge in [-0.1, -0.05) is 30.3 Å². The van der Waals surface area contributed by atoms with Gasteiger partial charge in [-0.05, 0) is 30.7 Å². The van der Waals surface area contributed by atoms with E-state index in [9.17, 15) is 18.3 Å². The van der Waals surface area contributed by atoms with Gasteiger partial charge >= 0.3 is 5.63 Å². The molecule has 2 aromatic carbocycles. The zero-order valence-electron chi connectivity index (χ0n) is 15.9. The van der Waals surface area contributed by atoms with E-state index in [0.717, 1.165) is 0 Å². The Morgan fingerprint density at radius 3 is 2.41 bits per heavy atom. The number of hydrogen-bond acceptors (Lipinski definition) is 6. The van der Waals surface area contributed by atoms with E-state index in [1.54, 1.807) is 42.5 Å². The van der Waals surface area contributed by atoms with Gasteiger partial charge in [0.1, 0.15) is 11.9 Å². The number of sulfonamides is 1. The van der Waals surface area contributed by atoms with Crippen molar-refractivity contribution in [2.75, 3.05) is 26.3 Å². The Bertz CT molecular complexity index is 1210. The summed E-state index contributed by atoms with van der Waals surface area (Å²) in [4.78, 5) is 12.5. The molecule has 0 radical (unpaired) electrons. The molecule has 0 spiro atoms. The molecule has 1 fully saturated rings. The summed E-state index contributed by atoms with van der Waals surface area (Å²) >= 11 is 0. The van der Waals surface area contributed by atoms with E-state index >= 15 is 0 Å². The lowest BCUT2D eigenvalue weighted by Crippen LogP contribution is -2.40. The maximum atomic E-state index is 13.1. The van der Waals surface area contributed by atoms with Crippen molar-refractivity contribution in [3.8, 4) is 11.1 Å². The van der Waals surface area contributed by atoms with Crippen LogP contribution >= 0.6 is 0 Å². The van der Waals surface area contributed by atoms with Crippen molar-refractivity contribution in [1.82, 2.24) is 4.31 Å². The Balaban J connectivity index is 1.92. The second-order valence-electron chi connectivity index (χ2n) is 6.89. The number of rotatable bonds is 4. The zero-order chi connectivity index (χ0) is 20.6. The van der Waals surface area contributed by atoms with Crippen molar-refractivity contribution in [3.63, 3.8) is 0 Å². The van der Waals surface area contributed by atoms with Crippen molar-refractivity contribution in [2.45, 2.75) is 17.9 Å². The molecule has 8 heteroatoms. The summed E-state index contributed by atoms with van der Waals surface area (Å²) in [5, 5.41) is 11.2. The number of benzene rings is 2. The van der Waals surface area contributed by atoms with Crippen molar-refractivity contribution < 1.29 is 22.7 Å². The number of morpholine rings is 1. The number of aliphatic hydroxyl groups is 1. The van der Waals surface area contributed by atoms with Crippen LogP contribution in [-0.2, 0) is 14.8 Å². The lowest BCUT2D eigenvalue weighted by Gasteiger charge is -2.26. The highest BCUT2D eigenvalue weighted by molar-refractivity contribution is 7.89. The molecule has 3 aromatic rings. The van der Waals surface area contributed by atoms with E-state index in [4.69, 9.17) is 9.15 Å². The minimum atomic E-state index is -3.69. The average Bonchev–Trinajstić information content (AvgIpc) is 2.74. The summed E-state index contributed by atoms with van der Waals surface area (Å²) in [6, 6.07) is 13.4. The van der Waals surface area contributed by atoms with Gasteiger partial charge in [0.05, 0.1) is 23.5 Å². The lowest BCUT2D eigenvalue weighted by atomic mass is 9.97. The van der Waals surface area contributed by atoms with Gasteiger partial charge in [0.15, 0.2) is 0 Å². The second kappa shape index (κ2) is 7.72. The molecule has 1 aliphatic rings. The molecule has 0 bridgehead atoms. The van der Waals surface area contributed by atoms with E-state index < -0.39 is 21.8 Å². The maximum absolute atomic E-state index is 13.1. The van der Waals surface area contributed by atoms with Gasteiger partial charge in [-0.2, -0.15) is 4.31 Å². The number of aliphatic hydroxyl groups excluding tert-OH is 1. The Morgan fingerprint density at radius 2 is 1.72 bits per heavy atom. The molecule has 4 rings (SSSR count). The highest BCUT2D eigenvalue weighted by Gasteiger charge is 2.27. The minimum absolute atomic E-state index is 0.106. The van der Waals surface area contributed by atoms with Crippen LogP contribution in [0.15, 0.2) is 62.6 Å². The molecule has 152 valence electrons. The van der Waals surface area contributed by atoms with Gasteiger partial charge in [0, 0.05) is 24.0 Å². The van der Waals surface area contributed by atoms with E-state index in [2.05, 4.69) is 0 Å². The highest BCUT2D eigenvalue weighted by atomic mass is 32.2. The first-order chi connectivity index (χ1) is 13.9. The molecule has 1 saturated heterocycles. The molecule has 2 heterocycles. The molecule has 0 amide bonds. The maximum Gasteiger partial charge on any atom is 0.343 e. The fourth-order valence-electron chi connectivity index (χ4n) is 3.56. The van der Waals surface area contributed by atoms with E-state index in [1.807, 2.05) is 0 Å². The molecule has 1 aromatic heterocycles. The van der Waals surface area contributed by atoms with Crippen molar-refractivity contribution in [2.24, 2.45) is 0 Å². The smallest absolute Gasteiger partial charge is 0.343 e. The molecule has 29 heavy (non-hydrogen) atoms. The summed E-state index contributed by atoms with van der Waals surface area (Å²) in [6.07, 6.45) is -1.04. The molecule has 7 nitrogen and oxygen atoms in total. The predicted octanol–water partition coefficient (Wildman–Crippen LogP) is 2.53. The van der Waals surface area contributed by atoms with Crippen LogP contribution in [0.4, 0.5) is 0 Å². The van der Waals surface area contributed by atoms with Gasteiger partial charge in [-0.3, -0.25) is 0 Å². The van der Waals surface area contributed by atoms with Gasteiger partial charge in [-0.15, -0.1) is 0 Å². The zero-order valence-corrected chi connectivity index (χ0v) is 16.7. The minimum Gasteiger partial charge on any atom is -0.424 e. The first-order valence-corrected chi connectivity index (χ1v) is 10.8. The van der Waals surface area contributed by atoms with Crippen LogP contribution in [0.5, 0.6) is 0 Å². The number of fused-ring (bicyclic) bond motifs is 1. The largest absolute Gasteiger partial charge is 0.424 e. The summed E-state index contributed by atoms with van der Waals surface area (Å²) < 4.78 is 38.2. The monoisotopic (exact) mass is 415 g/mol. The van der Waals surface area contributed by atoms with Crippen molar-refractivity contribution >= 4 is 20.8 Å². The van der Waals surface area contributed by atoms with E-state index in [1.165, 1.54) is 17.3 Å². The number of ether oxygens (including phenoxy) is 1. The van der Waals surface area contributed by atoms with E-state index in [-0.39, 0.29) is 10.7 Å². The van der Waals surface area contributed by atoms with Gasteiger partial charge in [0.25, 0.3) is 0 Å². The van der Waals surface area contributed by atoms with E-state index in [0.29, 0.717) is 48.2 Å². The fraction of sp³-hybridized carbons (Fsp3) is 0.286. The summed E-state index contributed by atoms with van der Waals surface area (Å²) in [6.45, 7) is 2.83. The molecule has 1 unspecified atom stereocenters. The molecule has 0 saturated carbocycles. The van der Waals surface area contributed by atoms with Crippen LogP contribution in [0, 0.1) is 0 Å². The van der Waals surface area contributed by atoms with Crippen LogP contribution in [0.3, 0.4) is 0 Å². The summed E-state index contributed by atoms with van der Waals surface area (Å²) in [7, 11) is -3.69. The van der Waals surface area contributed by atoms with Crippen LogP contribution < -0.4 is 5.63 Å². The third-order valence-electron chi connectivity index (χ3n) is 4.98. The average molecular weight is 415 g/mol. The Kier molecular flexibility index (Phi) is 5.26. The Labute approximate surface area is 168 Å². The first kappa shape index (κ1) is 19.8. The molecule has 0 aliphatic carbocycles. The molecule has 1 aliphatic heterocycles. The number of hydrogen-bond donors (Lipinski definition) is 1. The van der Waals surface area contributed by atoms with Gasteiger partial charge in [0.2, 0.25) is 10.0 Å². The summed E-state index contributed by atoms with van der Waals surface area (Å²) in [5.41, 5.74) is 0.516. The lowest BCUT2D eigenvalue weighted by molar-refractivity contribution is 0.0730. The predicted molar refractivity (Wildman–Crippen MR) is 108 cm³/mol. The molecule has 1 atom stereocenters. The third kappa shape index (κ3) is 3.60. The first-order valence-electron chi connectivity index (χ1n) is 9.32. The van der Waals surface area contributed by atoms with Crippen LogP contribution in [-0.4, -0.2) is 44.1 Å². The van der Waals surface area contributed by atoms with Crippen LogP contribution in [0.1, 0.15) is 18.8 Å².